The molecule has 0 spiro atoms. The summed E-state index contributed by atoms with van der Waals surface area (Å²) in [6.45, 7) is 0. The molecule has 1 aliphatic rings. The molecule has 0 bridgehead atoms. The van der Waals surface area contributed by atoms with Crippen LogP contribution in [0.25, 0.3) is 0 Å². The molecule has 0 fully saturated rings. The van der Waals surface area contributed by atoms with Crippen LogP contribution < -0.4 is 11.1 Å². The highest BCUT2D eigenvalue weighted by Crippen LogP contribution is 1.92. The standard InChI is InChI=1S/C4H5N3O2/c5-3(8)2-4(9)7-1-6-2/h1-2H,(H2,5,8)(H,6,7,9). The molecular weight excluding hydrogens is 122 g/mol. The van der Waals surface area contributed by atoms with Gasteiger partial charge in [0.2, 0.25) is 6.04 Å². The second kappa shape index (κ2) is 1.85. The first-order chi connectivity index (χ1) is 4.22. The average Bonchev–Trinajstić information content (AvgIpc) is 2.13. The van der Waals surface area contributed by atoms with Crippen LogP contribution in [0.2, 0.25) is 0 Å². The molecule has 1 rings (SSSR count). The van der Waals surface area contributed by atoms with Crippen molar-refractivity contribution in [1.82, 2.24) is 5.32 Å². The summed E-state index contributed by atoms with van der Waals surface area (Å²) >= 11 is 0. The number of carbonyl (C=O) groups excluding carboxylic acids is 2. The number of hydrogen-bond donors (Lipinski definition) is 2. The maximum Gasteiger partial charge on any atom is 0.259 e. The van der Waals surface area contributed by atoms with E-state index in [0.29, 0.717) is 0 Å². The molecule has 5 nitrogen and oxygen atoms in total. The van der Waals surface area contributed by atoms with Crippen molar-refractivity contribution in [2.45, 2.75) is 6.04 Å². The summed E-state index contributed by atoms with van der Waals surface area (Å²) < 4.78 is 0. The fourth-order valence-electron chi connectivity index (χ4n) is 0.525. The molecule has 1 unspecified atom stereocenters. The SMILES string of the molecule is NC(=O)C1N=CNC1=O. The van der Waals surface area contributed by atoms with Gasteiger partial charge >= 0.3 is 0 Å². The van der Waals surface area contributed by atoms with Crippen LogP contribution in [0.1, 0.15) is 0 Å². The van der Waals surface area contributed by atoms with E-state index in [1.807, 2.05) is 0 Å². The van der Waals surface area contributed by atoms with Gasteiger partial charge in [-0.15, -0.1) is 0 Å². The fraction of sp³-hybridized carbons (Fsp3) is 0.250. The first kappa shape index (κ1) is 5.74. The maximum atomic E-state index is 10.5. The molecule has 0 radical (unpaired) electrons. The van der Waals surface area contributed by atoms with Gasteiger partial charge in [0.05, 0.1) is 6.34 Å². The second-order valence-corrected chi connectivity index (χ2v) is 1.59. The topological polar surface area (TPSA) is 84.6 Å². The third kappa shape index (κ3) is 0.883. The zero-order chi connectivity index (χ0) is 6.85. The number of hydrogen-bond acceptors (Lipinski definition) is 3. The Morgan fingerprint density at radius 1 is 1.89 bits per heavy atom. The Hall–Kier alpha value is -1.39. The molecule has 5 heteroatoms. The quantitative estimate of drug-likeness (QED) is 0.399. The molecule has 0 saturated heterocycles. The largest absolute Gasteiger partial charge is 0.367 e. The summed E-state index contributed by atoms with van der Waals surface area (Å²) in [5, 5.41) is 2.22. The van der Waals surface area contributed by atoms with Gasteiger partial charge < -0.3 is 11.1 Å². The zero-order valence-electron chi connectivity index (χ0n) is 4.50. The Kier molecular flexibility index (Phi) is 1.18. The van der Waals surface area contributed by atoms with E-state index in [2.05, 4.69) is 10.3 Å². The Morgan fingerprint density at radius 2 is 2.56 bits per heavy atom. The van der Waals surface area contributed by atoms with Crippen molar-refractivity contribution in [2.75, 3.05) is 0 Å². The molecule has 48 valence electrons. The number of nitrogens with zero attached hydrogens (tertiary/aromatic N) is 1. The number of nitrogens with two attached hydrogens (primary N) is 1. The summed E-state index contributed by atoms with van der Waals surface area (Å²) in [5.41, 5.74) is 4.77. The molecule has 0 aromatic rings. The van der Waals surface area contributed by atoms with Crippen LogP contribution in [0.3, 0.4) is 0 Å². The van der Waals surface area contributed by atoms with Crippen molar-refractivity contribution in [1.29, 1.82) is 0 Å². The van der Waals surface area contributed by atoms with E-state index in [1.54, 1.807) is 0 Å². The molecule has 1 atom stereocenters. The van der Waals surface area contributed by atoms with Gasteiger partial charge in [-0.1, -0.05) is 0 Å². The lowest BCUT2D eigenvalue weighted by Crippen LogP contribution is -2.35. The lowest BCUT2D eigenvalue weighted by atomic mass is 10.3. The van der Waals surface area contributed by atoms with Gasteiger partial charge in [0.15, 0.2) is 0 Å². The summed E-state index contributed by atoms with van der Waals surface area (Å²) in [6.07, 6.45) is 1.16. The van der Waals surface area contributed by atoms with E-state index >= 15 is 0 Å². The minimum absolute atomic E-state index is 0.456. The van der Waals surface area contributed by atoms with E-state index in [9.17, 15) is 9.59 Å². The maximum absolute atomic E-state index is 10.5. The van der Waals surface area contributed by atoms with Gasteiger partial charge in [0.25, 0.3) is 11.8 Å². The molecule has 9 heavy (non-hydrogen) atoms. The number of primary amides is 1. The molecule has 0 aliphatic carbocycles. The van der Waals surface area contributed by atoms with Crippen molar-refractivity contribution >= 4 is 18.2 Å². The molecule has 0 saturated carbocycles. The molecule has 1 aliphatic heterocycles. The van der Waals surface area contributed by atoms with E-state index in [0.717, 1.165) is 6.34 Å². The summed E-state index contributed by atoms with van der Waals surface area (Å²) in [5.74, 6) is -1.18. The van der Waals surface area contributed by atoms with Gasteiger partial charge in [0, 0.05) is 0 Å². The smallest absolute Gasteiger partial charge is 0.259 e. The Labute approximate surface area is 50.9 Å². The van der Waals surface area contributed by atoms with Crippen LogP contribution in [-0.2, 0) is 9.59 Å². The van der Waals surface area contributed by atoms with Gasteiger partial charge in [-0.25, -0.2) is 0 Å². The van der Waals surface area contributed by atoms with Crippen LogP contribution in [0.15, 0.2) is 4.99 Å². The van der Waals surface area contributed by atoms with E-state index in [4.69, 9.17) is 5.73 Å². The van der Waals surface area contributed by atoms with Crippen molar-refractivity contribution in [3.8, 4) is 0 Å². The normalized spacial score (nSPS) is 24.0. The predicted molar refractivity (Wildman–Crippen MR) is 29.6 cm³/mol. The van der Waals surface area contributed by atoms with Crippen LogP contribution in [0.4, 0.5) is 0 Å². The zero-order valence-corrected chi connectivity index (χ0v) is 4.50. The van der Waals surface area contributed by atoms with Crippen molar-refractivity contribution < 1.29 is 9.59 Å². The summed E-state index contributed by atoms with van der Waals surface area (Å²) in [4.78, 5) is 24.2. The van der Waals surface area contributed by atoms with Crippen LogP contribution in [-0.4, -0.2) is 24.2 Å². The number of nitrogens with one attached hydrogen (secondary N) is 1. The van der Waals surface area contributed by atoms with Crippen LogP contribution in [0, 0.1) is 0 Å². The first-order valence-corrected chi connectivity index (χ1v) is 2.33. The van der Waals surface area contributed by atoms with E-state index in [1.165, 1.54) is 0 Å². The highest BCUT2D eigenvalue weighted by molar-refractivity contribution is 6.11. The number of amides is 2. The number of carbonyl (C=O) groups is 2. The average molecular weight is 127 g/mol. The molecule has 3 N–H and O–H groups in total. The van der Waals surface area contributed by atoms with E-state index < -0.39 is 17.9 Å². The highest BCUT2D eigenvalue weighted by Gasteiger charge is 2.25. The lowest BCUT2D eigenvalue weighted by Gasteiger charge is -1.95. The first-order valence-electron chi connectivity index (χ1n) is 2.33. The Morgan fingerprint density at radius 3 is 2.78 bits per heavy atom. The minimum atomic E-state index is -1.01. The minimum Gasteiger partial charge on any atom is -0.367 e. The second-order valence-electron chi connectivity index (χ2n) is 1.59. The van der Waals surface area contributed by atoms with Gasteiger partial charge in [-0.2, -0.15) is 0 Å². The molecule has 0 aromatic carbocycles. The van der Waals surface area contributed by atoms with Crippen molar-refractivity contribution in [3.63, 3.8) is 0 Å². The molecular formula is C4H5N3O2. The van der Waals surface area contributed by atoms with Gasteiger partial charge in [-0.05, 0) is 0 Å². The Bertz CT molecular complexity index is 186. The number of aliphatic imine (C=N–C) groups is 1. The van der Waals surface area contributed by atoms with Gasteiger partial charge in [0.1, 0.15) is 0 Å². The van der Waals surface area contributed by atoms with Crippen molar-refractivity contribution in [3.05, 3.63) is 0 Å². The lowest BCUT2D eigenvalue weighted by molar-refractivity contribution is -0.127. The number of rotatable bonds is 1. The monoisotopic (exact) mass is 127 g/mol. The summed E-state index contributed by atoms with van der Waals surface area (Å²) in [7, 11) is 0. The molecule has 0 aromatic heterocycles. The predicted octanol–water partition coefficient (Wildman–Crippen LogP) is -2.00. The van der Waals surface area contributed by atoms with E-state index in [-0.39, 0.29) is 0 Å². The van der Waals surface area contributed by atoms with Crippen molar-refractivity contribution in [2.24, 2.45) is 10.7 Å². The Balaban J connectivity index is 2.71. The fourth-order valence-corrected chi connectivity index (χ4v) is 0.525. The van der Waals surface area contributed by atoms with Crippen LogP contribution in [0.5, 0.6) is 0 Å². The third-order valence-electron chi connectivity index (χ3n) is 0.948. The highest BCUT2D eigenvalue weighted by atomic mass is 16.2. The third-order valence-corrected chi connectivity index (χ3v) is 0.948. The molecule has 2 amide bonds. The molecule has 1 heterocycles. The summed E-state index contributed by atoms with van der Waals surface area (Å²) in [6, 6.07) is -1.01. The van der Waals surface area contributed by atoms with Gasteiger partial charge in [-0.3, -0.25) is 14.6 Å². The van der Waals surface area contributed by atoms with Crippen LogP contribution >= 0.6 is 0 Å².